The third kappa shape index (κ3) is 7.61. The lowest BCUT2D eigenvalue weighted by molar-refractivity contribution is -0.139. The van der Waals surface area contributed by atoms with E-state index in [1.807, 2.05) is 39.0 Å². The van der Waals surface area contributed by atoms with E-state index < -0.39 is 28.5 Å². The van der Waals surface area contributed by atoms with Crippen molar-refractivity contribution in [3.63, 3.8) is 0 Å². The van der Waals surface area contributed by atoms with Gasteiger partial charge in [0.25, 0.3) is 10.0 Å². The maximum Gasteiger partial charge on any atom is 0.264 e. The maximum atomic E-state index is 14.0. The van der Waals surface area contributed by atoms with Crippen molar-refractivity contribution >= 4 is 39.1 Å². The highest BCUT2D eigenvalue weighted by Crippen LogP contribution is 2.28. The number of carbonyl (C=O) groups is 2. The summed E-state index contributed by atoms with van der Waals surface area (Å²) in [4.78, 5) is 28.6. The summed E-state index contributed by atoms with van der Waals surface area (Å²) in [5, 5.41) is 3.43. The van der Waals surface area contributed by atoms with E-state index in [1.165, 1.54) is 17.0 Å². The van der Waals surface area contributed by atoms with Gasteiger partial charge in [-0.05, 0) is 81.1 Å². The third-order valence-electron chi connectivity index (χ3n) is 6.65. The molecule has 2 unspecified atom stereocenters. The average molecular weight is 570 g/mol. The Hall–Kier alpha value is -3.36. The molecule has 3 rings (SSSR count). The maximum absolute atomic E-state index is 14.0. The molecule has 0 fully saturated rings. The topological polar surface area (TPSA) is 86.8 Å². The Morgan fingerprint density at radius 2 is 1.64 bits per heavy atom. The largest absolute Gasteiger partial charge is 0.352 e. The number of benzene rings is 3. The van der Waals surface area contributed by atoms with Crippen molar-refractivity contribution < 1.29 is 18.0 Å². The Bertz CT molecular complexity index is 1410. The van der Waals surface area contributed by atoms with E-state index in [4.69, 9.17) is 11.6 Å². The van der Waals surface area contributed by atoms with Crippen LogP contribution in [0.1, 0.15) is 43.9 Å². The van der Waals surface area contributed by atoms with E-state index in [0.29, 0.717) is 16.3 Å². The number of hydrogen-bond acceptors (Lipinski definition) is 4. The van der Waals surface area contributed by atoms with Gasteiger partial charge in [-0.25, -0.2) is 8.42 Å². The van der Waals surface area contributed by atoms with Gasteiger partial charge in [0.2, 0.25) is 11.8 Å². The minimum atomic E-state index is -4.11. The van der Waals surface area contributed by atoms with Gasteiger partial charge in [0.05, 0.1) is 10.6 Å². The summed E-state index contributed by atoms with van der Waals surface area (Å²) < 4.78 is 28.9. The van der Waals surface area contributed by atoms with Crippen molar-refractivity contribution in [1.29, 1.82) is 0 Å². The molecule has 0 heterocycles. The normalized spacial score (nSPS) is 12.9. The Balaban J connectivity index is 2.06. The molecule has 39 heavy (non-hydrogen) atoms. The van der Waals surface area contributed by atoms with E-state index in [-0.39, 0.29) is 23.4 Å². The van der Waals surface area contributed by atoms with Crippen LogP contribution in [-0.4, -0.2) is 43.8 Å². The van der Waals surface area contributed by atoms with Crippen LogP contribution in [-0.2, 0) is 26.2 Å². The van der Waals surface area contributed by atoms with Gasteiger partial charge in [0.1, 0.15) is 12.6 Å². The molecule has 7 nitrogen and oxygen atoms in total. The number of anilines is 1. The highest BCUT2D eigenvalue weighted by Gasteiger charge is 2.33. The summed E-state index contributed by atoms with van der Waals surface area (Å²) in [6.45, 7) is 8.77. The van der Waals surface area contributed by atoms with Crippen LogP contribution in [0.2, 0.25) is 5.02 Å². The zero-order chi connectivity index (χ0) is 28.7. The van der Waals surface area contributed by atoms with Crippen molar-refractivity contribution in [3.05, 3.63) is 94.5 Å². The first-order chi connectivity index (χ1) is 18.4. The molecule has 0 spiro atoms. The summed E-state index contributed by atoms with van der Waals surface area (Å²) in [6, 6.07) is 19.6. The standard InChI is InChI=1S/C30H36ClN3O4S/c1-6-23(4)32-30(36)24(5)33(19-25-11-10-12-26(31)18-25)29(35)20-34(28-17-21(2)15-16-22(28)3)39(37,38)27-13-8-7-9-14-27/h7-18,23-24H,6,19-20H2,1-5H3,(H,32,36). The molecule has 3 aromatic carbocycles. The van der Waals surface area contributed by atoms with Crippen LogP contribution in [0.25, 0.3) is 0 Å². The second-order valence-electron chi connectivity index (χ2n) is 9.76. The van der Waals surface area contributed by atoms with Crippen LogP contribution in [0.3, 0.4) is 0 Å². The fourth-order valence-corrected chi connectivity index (χ4v) is 5.81. The number of carbonyl (C=O) groups excluding carboxylic acids is 2. The molecule has 9 heteroatoms. The summed E-state index contributed by atoms with van der Waals surface area (Å²) in [5.74, 6) is -0.828. The van der Waals surface area contributed by atoms with E-state index in [0.717, 1.165) is 21.9 Å². The Morgan fingerprint density at radius 1 is 0.949 bits per heavy atom. The van der Waals surface area contributed by atoms with Gasteiger partial charge >= 0.3 is 0 Å². The lowest BCUT2D eigenvalue weighted by Gasteiger charge is -2.33. The number of hydrogen-bond donors (Lipinski definition) is 1. The predicted octanol–water partition coefficient (Wildman–Crippen LogP) is 5.48. The quantitative estimate of drug-likeness (QED) is 0.331. The smallest absolute Gasteiger partial charge is 0.264 e. The van der Waals surface area contributed by atoms with Gasteiger partial charge in [-0.2, -0.15) is 0 Å². The molecule has 208 valence electrons. The van der Waals surface area contributed by atoms with E-state index >= 15 is 0 Å². The number of sulfonamides is 1. The SMILES string of the molecule is CCC(C)NC(=O)C(C)N(Cc1cccc(Cl)c1)C(=O)CN(c1cc(C)ccc1C)S(=O)(=O)c1ccccc1. The minimum Gasteiger partial charge on any atom is -0.352 e. The van der Waals surface area contributed by atoms with Crippen LogP contribution in [0.5, 0.6) is 0 Å². The Kier molecular flexibility index (Phi) is 10.2. The van der Waals surface area contributed by atoms with Gasteiger partial charge in [-0.3, -0.25) is 13.9 Å². The molecule has 0 saturated carbocycles. The first kappa shape index (κ1) is 30.2. The van der Waals surface area contributed by atoms with Crippen molar-refractivity contribution in [1.82, 2.24) is 10.2 Å². The summed E-state index contributed by atoms with van der Waals surface area (Å²) in [7, 11) is -4.11. The molecule has 0 saturated heterocycles. The van der Waals surface area contributed by atoms with Crippen LogP contribution < -0.4 is 9.62 Å². The number of rotatable bonds is 11. The van der Waals surface area contributed by atoms with Gasteiger partial charge in [0, 0.05) is 17.6 Å². The van der Waals surface area contributed by atoms with Crippen LogP contribution in [0.15, 0.2) is 77.7 Å². The van der Waals surface area contributed by atoms with Crippen molar-refractivity contribution in [3.8, 4) is 0 Å². The van der Waals surface area contributed by atoms with E-state index in [2.05, 4.69) is 5.32 Å². The average Bonchev–Trinajstić information content (AvgIpc) is 2.91. The van der Waals surface area contributed by atoms with Gasteiger partial charge in [0.15, 0.2) is 0 Å². The number of aryl methyl sites for hydroxylation is 2. The molecule has 0 aliphatic rings. The molecule has 0 aromatic heterocycles. The molecule has 0 aliphatic heterocycles. The third-order valence-corrected chi connectivity index (χ3v) is 8.66. The van der Waals surface area contributed by atoms with Crippen molar-refractivity contribution in [2.45, 2.75) is 64.6 Å². The summed E-state index contributed by atoms with van der Waals surface area (Å²) >= 11 is 6.19. The van der Waals surface area contributed by atoms with Crippen LogP contribution in [0.4, 0.5) is 5.69 Å². The monoisotopic (exact) mass is 569 g/mol. The second-order valence-corrected chi connectivity index (χ2v) is 12.1. The fraction of sp³-hybridized carbons (Fsp3) is 0.333. The summed E-state index contributed by atoms with van der Waals surface area (Å²) in [6.07, 6.45) is 0.733. The number of halogens is 1. The minimum absolute atomic E-state index is 0.0719. The van der Waals surface area contributed by atoms with Crippen LogP contribution in [0, 0.1) is 13.8 Å². The molecule has 2 atom stereocenters. The number of amides is 2. The van der Waals surface area contributed by atoms with Gasteiger partial charge in [-0.15, -0.1) is 0 Å². The van der Waals surface area contributed by atoms with Crippen molar-refractivity contribution in [2.24, 2.45) is 0 Å². The Morgan fingerprint density at radius 3 is 2.28 bits per heavy atom. The second kappa shape index (κ2) is 13.1. The molecule has 3 aromatic rings. The number of nitrogens with one attached hydrogen (secondary N) is 1. The zero-order valence-electron chi connectivity index (χ0n) is 23.0. The van der Waals surface area contributed by atoms with Gasteiger partial charge < -0.3 is 10.2 Å². The highest BCUT2D eigenvalue weighted by atomic mass is 35.5. The van der Waals surface area contributed by atoms with Crippen molar-refractivity contribution in [2.75, 3.05) is 10.8 Å². The molecule has 0 radical (unpaired) electrons. The number of nitrogens with zero attached hydrogens (tertiary/aromatic N) is 2. The highest BCUT2D eigenvalue weighted by molar-refractivity contribution is 7.92. The lowest BCUT2D eigenvalue weighted by atomic mass is 10.1. The fourth-order valence-electron chi connectivity index (χ4n) is 4.10. The van der Waals surface area contributed by atoms with E-state index in [9.17, 15) is 18.0 Å². The summed E-state index contributed by atoms with van der Waals surface area (Å²) in [5.41, 5.74) is 2.69. The predicted molar refractivity (Wildman–Crippen MR) is 156 cm³/mol. The first-order valence-electron chi connectivity index (χ1n) is 12.9. The zero-order valence-corrected chi connectivity index (χ0v) is 24.6. The molecule has 1 N–H and O–H groups in total. The van der Waals surface area contributed by atoms with Crippen LogP contribution >= 0.6 is 11.6 Å². The van der Waals surface area contributed by atoms with E-state index in [1.54, 1.807) is 56.3 Å². The lowest BCUT2D eigenvalue weighted by Crippen LogP contribution is -2.52. The first-order valence-corrected chi connectivity index (χ1v) is 14.7. The molecule has 2 amide bonds. The molecule has 0 bridgehead atoms. The van der Waals surface area contributed by atoms with Gasteiger partial charge in [-0.1, -0.05) is 61.0 Å². The Labute approximate surface area is 236 Å². The molecular weight excluding hydrogens is 534 g/mol. The molecule has 0 aliphatic carbocycles. The molecular formula is C30H36ClN3O4S.